The second-order valence-corrected chi connectivity index (χ2v) is 10.0. The Morgan fingerprint density at radius 2 is 1.59 bits per heavy atom. The van der Waals surface area contributed by atoms with Crippen LogP contribution in [0, 0.1) is 0 Å². The average molecular weight is 530 g/mol. The Bertz CT molecular complexity index is 1320. The van der Waals surface area contributed by atoms with Crippen molar-refractivity contribution in [1.29, 1.82) is 0 Å². The van der Waals surface area contributed by atoms with Crippen molar-refractivity contribution in [3.05, 3.63) is 95.6 Å². The maximum Gasteiger partial charge on any atom is 0.408 e. The molecule has 39 heavy (non-hydrogen) atoms. The SMILES string of the molecule is CC(ONC(=O)C1(NC(=O)OCC2c3ccccc3-c3ccccc32)CCN(Cc2ccccc2)C1)C(=O)O. The molecule has 9 nitrogen and oxygen atoms in total. The first kappa shape index (κ1) is 26.4. The van der Waals surface area contributed by atoms with Gasteiger partial charge in [0.15, 0.2) is 6.10 Å². The molecule has 0 spiro atoms. The second-order valence-electron chi connectivity index (χ2n) is 10.0. The number of ether oxygens (including phenoxy) is 1. The number of carbonyl (C=O) groups is 3. The van der Waals surface area contributed by atoms with Crippen LogP contribution in [-0.2, 0) is 25.7 Å². The van der Waals surface area contributed by atoms with Gasteiger partial charge < -0.3 is 15.2 Å². The largest absolute Gasteiger partial charge is 0.479 e. The van der Waals surface area contributed by atoms with Crippen LogP contribution in [-0.4, -0.2) is 59.3 Å². The molecule has 5 rings (SSSR count). The van der Waals surface area contributed by atoms with Crippen molar-refractivity contribution >= 4 is 18.0 Å². The number of carboxylic acid groups (broad SMARTS) is 1. The summed E-state index contributed by atoms with van der Waals surface area (Å²) in [5.41, 5.74) is 6.38. The highest BCUT2D eigenvalue weighted by Gasteiger charge is 2.47. The van der Waals surface area contributed by atoms with Gasteiger partial charge in [0.1, 0.15) is 12.1 Å². The van der Waals surface area contributed by atoms with Gasteiger partial charge in [0.05, 0.1) is 0 Å². The fourth-order valence-corrected chi connectivity index (χ4v) is 5.33. The van der Waals surface area contributed by atoms with E-state index in [0.717, 1.165) is 27.8 Å². The number of hydrogen-bond acceptors (Lipinski definition) is 6. The van der Waals surface area contributed by atoms with E-state index in [1.807, 2.05) is 66.7 Å². The number of hydroxylamine groups is 1. The van der Waals surface area contributed by atoms with Crippen molar-refractivity contribution < 1.29 is 29.1 Å². The fourth-order valence-electron chi connectivity index (χ4n) is 5.33. The summed E-state index contributed by atoms with van der Waals surface area (Å²) >= 11 is 0. The van der Waals surface area contributed by atoms with Crippen LogP contribution in [0.2, 0.25) is 0 Å². The molecule has 1 saturated heterocycles. The number of rotatable bonds is 9. The highest BCUT2D eigenvalue weighted by Crippen LogP contribution is 2.44. The predicted molar refractivity (Wildman–Crippen MR) is 144 cm³/mol. The third kappa shape index (κ3) is 5.64. The summed E-state index contributed by atoms with van der Waals surface area (Å²) in [4.78, 5) is 44.7. The Labute approximate surface area is 226 Å². The maximum atomic E-state index is 13.3. The van der Waals surface area contributed by atoms with Crippen molar-refractivity contribution in [2.75, 3.05) is 19.7 Å². The van der Waals surface area contributed by atoms with E-state index in [-0.39, 0.29) is 19.1 Å². The molecule has 3 aromatic carbocycles. The predicted octanol–water partition coefficient (Wildman–Crippen LogP) is 3.69. The van der Waals surface area contributed by atoms with Gasteiger partial charge in [-0.2, -0.15) is 0 Å². The molecule has 2 atom stereocenters. The molecule has 9 heteroatoms. The molecule has 1 heterocycles. The van der Waals surface area contributed by atoms with Crippen LogP contribution >= 0.6 is 0 Å². The normalized spacial score (nSPS) is 19.1. The van der Waals surface area contributed by atoms with Crippen LogP contribution in [0.25, 0.3) is 11.1 Å². The monoisotopic (exact) mass is 529 g/mol. The number of alkyl carbamates (subject to hydrolysis) is 1. The molecule has 1 aliphatic heterocycles. The Kier molecular flexibility index (Phi) is 7.63. The lowest BCUT2D eigenvalue weighted by atomic mass is 9.97. The van der Waals surface area contributed by atoms with E-state index in [2.05, 4.69) is 27.8 Å². The van der Waals surface area contributed by atoms with Crippen LogP contribution in [0.5, 0.6) is 0 Å². The minimum Gasteiger partial charge on any atom is -0.479 e. The van der Waals surface area contributed by atoms with E-state index in [0.29, 0.717) is 19.5 Å². The highest BCUT2D eigenvalue weighted by atomic mass is 16.7. The van der Waals surface area contributed by atoms with Gasteiger partial charge in [-0.3, -0.25) is 14.5 Å². The number of fused-ring (bicyclic) bond motifs is 3. The van der Waals surface area contributed by atoms with E-state index in [1.165, 1.54) is 6.92 Å². The molecule has 3 aromatic rings. The molecular formula is C30H31N3O6. The summed E-state index contributed by atoms with van der Waals surface area (Å²) < 4.78 is 5.71. The number of hydrogen-bond donors (Lipinski definition) is 3. The van der Waals surface area contributed by atoms with E-state index in [1.54, 1.807) is 0 Å². The number of benzene rings is 3. The number of aliphatic carboxylic acids is 1. The van der Waals surface area contributed by atoms with E-state index in [9.17, 15) is 14.4 Å². The number of carboxylic acids is 1. The standard InChI is InChI=1S/C30H31N3O6/c1-20(27(34)35)39-32-28(36)30(15-16-33(19-30)17-21-9-3-2-4-10-21)31-29(37)38-18-26-24-13-7-5-11-22(24)23-12-6-8-14-25(23)26/h2-14,20,26H,15-19H2,1H3,(H,31,37)(H,32,36)(H,34,35). The van der Waals surface area contributed by atoms with Gasteiger partial charge >= 0.3 is 12.1 Å². The van der Waals surface area contributed by atoms with Crippen molar-refractivity contribution in [3.63, 3.8) is 0 Å². The lowest BCUT2D eigenvalue weighted by molar-refractivity contribution is -0.161. The van der Waals surface area contributed by atoms with Crippen LogP contribution in [0.3, 0.4) is 0 Å². The number of nitrogens with one attached hydrogen (secondary N) is 2. The minimum absolute atomic E-state index is 0.109. The first-order valence-corrected chi connectivity index (χ1v) is 12.9. The number of likely N-dealkylation sites (tertiary alicyclic amines) is 1. The Hall–Kier alpha value is -4.21. The van der Waals surface area contributed by atoms with Gasteiger partial charge in [0.2, 0.25) is 0 Å². The minimum atomic E-state index is -1.35. The quantitative estimate of drug-likeness (QED) is 0.362. The van der Waals surface area contributed by atoms with Gasteiger partial charge in [0, 0.05) is 25.6 Å². The van der Waals surface area contributed by atoms with Crippen molar-refractivity contribution in [3.8, 4) is 11.1 Å². The topological polar surface area (TPSA) is 117 Å². The molecule has 202 valence electrons. The van der Waals surface area contributed by atoms with Gasteiger partial charge in [-0.25, -0.2) is 15.1 Å². The summed E-state index contributed by atoms with van der Waals surface area (Å²) in [5.74, 6) is -1.96. The maximum absolute atomic E-state index is 13.3. The van der Waals surface area contributed by atoms with Crippen molar-refractivity contribution in [2.45, 2.75) is 37.5 Å². The third-order valence-electron chi connectivity index (χ3n) is 7.39. The fraction of sp³-hybridized carbons (Fsp3) is 0.300. The molecular weight excluding hydrogens is 498 g/mol. The van der Waals surface area contributed by atoms with Crippen molar-refractivity contribution in [2.24, 2.45) is 0 Å². The average Bonchev–Trinajstić information content (AvgIpc) is 3.50. The molecule has 1 aliphatic carbocycles. The summed E-state index contributed by atoms with van der Waals surface area (Å²) in [5, 5.41) is 11.9. The van der Waals surface area contributed by atoms with E-state index < -0.39 is 29.6 Å². The molecule has 0 radical (unpaired) electrons. The lowest BCUT2D eigenvalue weighted by Gasteiger charge is -2.29. The number of nitrogens with zero attached hydrogens (tertiary/aromatic N) is 1. The molecule has 2 amide bonds. The Balaban J connectivity index is 1.29. The summed E-state index contributed by atoms with van der Waals surface area (Å²) in [6.45, 7) is 2.76. The molecule has 3 N–H and O–H groups in total. The molecule has 0 bridgehead atoms. The van der Waals surface area contributed by atoms with Gasteiger partial charge in [-0.05, 0) is 41.2 Å². The highest BCUT2D eigenvalue weighted by molar-refractivity contribution is 5.90. The number of amides is 2. The summed E-state index contributed by atoms with van der Waals surface area (Å²) in [7, 11) is 0. The van der Waals surface area contributed by atoms with Gasteiger partial charge in [-0.15, -0.1) is 0 Å². The zero-order chi connectivity index (χ0) is 27.4. The molecule has 2 aliphatic rings. The smallest absolute Gasteiger partial charge is 0.408 e. The van der Waals surface area contributed by atoms with Gasteiger partial charge in [-0.1, -0.05) is 78.9 Å². The second kappa shape index (κ2) is 11.3. The van der Waals surface area contributed by atoms with Gasteiger partial charge in [0.25, 0.3) is 5.91 Å². The summed E-state index contributed by atoms with van der Waals surface area (Å²) in [6.07, 6.45) is -1.66. The van der Waals surface area contributed by atoms with Crippen molar-refractivity contribution in [1.82, 2.24) is 15.7 Å². The first-order valence-electron chi connectivity index (χ1n) is 12.9. The first-order chi connectivity index (χ1) is 18.9. The molecule has 0 aromatic heterocycles. The lowest BCUT2D eigenvalue weighted by Crippen LogP contribution is -2.60. The van der Waals surface area contributed by atoms with E-state index in [4.69, 9.17) is 14.7 Å². The molecule has 0 saturated carbocycles. The van der Waals surface area contributed by atoms with Crippen LogP contribution < -0.4 is 10.8 Å². The Morgan fingerprint density at radius 3 is 2.23 bits per heavy atom. The molecule has 2 unspecified atom stereocenters. The van der Waals surface area contributed by atoms with Crippen LogP contribution in [0.15, 0.2) is 78.9 Å². The third-order valence-corrected chi connectivity index (χ3v) is 7.39. The molecule has 1 fully saturated rings. The zero-order valence-electron chi connectivity index (χ0n) is 21.6. The Morgan fingerprint density at radius 1 is 0.974 bits per heavy atom. The van der Waals surface area contributed by atoms with Crippen LogP contribution in [0.1, 0.15) is 36.0 Å². The summed E-state index contributed by atoms with van der Waals surface area (Å²) in [6, 6.07) is 25.9. The number of carbonyl (C=O) groups excluding carboxylic acids is 2. The van der Waals surface area contributed by atoms with E-state index >= 15 is 0 Å². The zero-order valence-corrected chi connectivity index (χ0v) is 21.6. The van der Waals surface area contributed by atoms with Crippen LogP contribution in [0.4, 0.5) is 4.79 Å².